The van der Waals surface area contributed by atoms with Crippen LogP contribution in [0.5, 0.6) is 0 Å². The summed E-state index contributed by atoms with van der Waals surface area (Å²) in [5.41, 5.74) is 3.80. The summed E-state index contributed by atoms with van der Waals surface area (Å²) in [6.45, 7) is 4.82. The zero-order valence-electron chi connectivity index (χ0n) is 25.6. The number of amides is 1. The van der Waals surface area contributed by atoms with Crippen molar-refractivity contribution in [2.45, 2.75) is 58.3 Å². The molecular formula is C34H33BrN6O5. The van der Waals surface area contributed by atoms with Gasteiger partial charge in [0.15, 0.2) is 11.6 Å². The van der Waals surface area contributed by atoms with Crippen molar-refractivity contribution in [3.63, 3.8) is 0 Å². The third kappa shape index (κ3) is 5.80. The van der Waals surface area contributed by atoms with Crippen molar-refractivity contribution in [1.82, 2.24) is 29.6 Å². The van der Waals surface area contributed by atoms with E-state index in [0.29, 0.717) is 59.9 Å². The summed E-state index contributed by atoms with van der Waals surface area (Å²) in [4.78, 5) is 55.8. The van der Waals surface area contributed by atoms with E-state index >= 15 is 0 Å². The topological polar surface area (TPSA) is 129 Å². The summed E-state index contributed by atoms with van der Waals surface area (Å²) in [5.74, 6) is 0.174. The Morgan fingerprint density at radius 2 is 1.83 bits per heavy atom. The number of ether oxygens (including phenoxy) is 2. The Kier molecular flexibility index (Phi) is 8.12. The first kappa shape index (κ1) is 30.5. The molecule has 1 aromatic carbocycles. The van der Waals surface area contributed by atoms with E-state index in [9.17, 15) is 14.4 Å². The molecule has 7 rings (SSSR count). The van der Waals surface area contributed by atoms with Crippen molar-refractivity contribution in [2.24, 2.45) is 5.41 Å². The number of nitrogens with zero attached hydrogens (tertiary/aromatic N) is 6. The fourth-order valence-corrected chi connectivity index (χ4v) is 7.08. The maximum atomic E-state index is 14.2. The molecule has 0 radical (unpaired) electrons. The molecule has 236 valence electrons. The molecule has 3 atom stereocenters. The number of hydrogen-bond donors (Lipinski definition) is 0. The zero-order valence-corrected chi connectivity index (χ0v) is 27.2. The molecule has 46 heavy (non-hydrogen) atoms. The van der Waals surface area contributed by atoms with Gasteiger partial charge in [0.1, 0.15) is 22.7 Å². The molecular weight excluding hydrogens is 652 g/mol. The summed E-state index contributed by atoms with van der Waals surface area (Å²) >= 11 is 3.44. The van der Waals surface area contributed by atoms with Gasteiger partial charge in [-0.1, -0.05) is 24.3 Å². The monoisotopic (exact) mass is 684 g/mol. The fourth-order valence-electron chi connectivity index (χ4n) is 6.74. The first-order chi connectivity index (χ1) is 22.2. The van der Waals surface area contributed by atoms with Crippen LogP contribution in [-0.2, 0) is 38.6 Å². The number of pyridine rings is 1. The van der Waals surface area contributed by atoms with Crippen LogP contribution in [0.3, 0.4) is 0 Å². The first-order valence-electron chi connectivity index (χ1n) is 15.3. The van der Waals surface area contributed by atoms with Gasteiger partial charge >= 0.3 is 0 Å². The van der Waals surface area contributed by atoms with E-state index < -0.39 is 6.04 Å². The van der Waals surface area contributed by atoms with Crippen LogP contribution in [0.4, 0.5) is 0 Å². The van der Waals surface area contributed by atoms with Gasteiger partial charge in [-0.3, -0.25) is 19.1 Å². The highest BCUT2D eigenvalue weighted by Crippen LogP contribution is 2.60. The van der Waals surface area contributed by atoms with Crippen molar-refractivity contribution in [3.8, 4) is 11.1 Å². The molecule has 4 aromatic rings. The Morgan fingerprint density at radius 3 is 2.61 bits per heavy atom. The highest BCUT2D eigenvalue weighted by Gasteiger charge is 2.67. The van der Waals surface area contributed by atoms with Crippen molar-refractivity contribution < 1.29 is 23.9 Å². The highest BCUT2D eigenvalue weighted by atomic mass is 79.9. The van der Waals surface area contributed by atoms with E-state index in [0.717, 1.165) is 23.1 Å². The van der Waals surface area contributed by atoms with Crippen LogP contribution in [-0.4, -0.2) is 79.0 Å². The van der Waals surface area contributed by atoms with E-state index in [2.05, 4.69) is 36.0 Å². The summed E-state index contributed by atoms with van der Waals surface area (Å²) in [5, 5.41) is 5.24. The Balaban J connectivity index is 1.20. The molecule has 11 nitrogen and oxygen atoms in total. The molecule has 1 saturated heterocycles. The largest absolute Gasteiger partial charge is 0.377 e. The number of Topliss-reactive ketones (excluding diaryl/α,β-unsaturated/α-hetero) is 2. The van der Waals surface area contributed by atoms with E-state index in [1.54, 1.807) is 22.0 Å². The minimum Gasteiger partial charge on any atom is -0.377 e. The number of hydrogen-bond acceptors (Lipinski definition) is 9. The van der Waals surface area contributed by atoms with Gasteiger partial charge in [0.2, 0.25) is 5.91 Å². The van der Waals surface area contributed by atoms with Crippen LogP contribution < -0.4 is 0 Å². The van der Waals surface area contributed by atoms with Gasteiger partial charge in [-0.2, -0.15) is 5.10 Å². The molecule has 0 N–H and O–H groups in total. The van der Waals surface area contributed by atoms with Crippen LogP contribution in [0, 0.1) is 12.3 Å². The number of aromatic nitrogens is 5. The van der Waals surface area contributed by atoms with Crippen molar-refractivity contribution in [2.75, 3.05) is 19.8 Å². The van der Waals surface area contributed by atoms with Gasteiger partial charge in [-0.25, -0.2) is 15.0 Å². The maximum absolute atomic E-state index is 14.2. The smallest absolute Gasteiger partial charge is 0.245 e. The number of halogens is 1. The molecule has 3 aromatic heterocycles. The molecule has 0 unspecified atom stereocenters. The summed E-state index contributed by atoms with van der Waals surface area (Å²) < 4.78 is 14.0. The van der Waals surface area contributed by atoms with Crippen molar-refractivity contribution in [3.05, 3.63) is 82.3 Å². The molecule has 2 bridgehead atoms. The summed E-state index contributed by atoms with van der Waals surface area (Å²) in [7, 11) is 0. The molecule has 2 aliphatic heterocycles. The number of aryl methyl sites for hydroxylation is 1. The summed E-state index contributed by atoms with van der Waals surface area (Å²) in [6.07, 6.45) is 8.72. The third-order valence-corrected chi connectivity index (χ3v) is 9.62. The third-order valence-electron chi connectivity index (χ3n) is 9.18. The number of carbonyl (C=O) groups excluding carboxylic acids is 3. The average molecular weight is 686 g/mol. The number of benzene rings is 1. The highest BCUT2D eigenvalue weighted by molar-refractivity contribution is 9.10. The second-order valence-electron chi connectivity index (χ2n) is 12.3. The quantitative estimate of drug-likeness (QED) is 0.174. The minimum absolute atomic E-state index is 0.0699. The predicted octanol–water partition coefficient (Wildman–Crippen LogP) is 4.44. The number of piperidine rings is 1. The molecule has 5 heterocycles. The lowest BCUT2D eigenvalue weighted by Crippen LogP contribution is -2.45. The van der Waals surface area contributed by atoms with Gasteiger partial charge in [0.05, 0.1) is 50.1 Å². The average Bonchev–Trinajstić information content (AvgIpc) is 3.45. The Bertz CT molecular complexity index is 1890. The van der Waals surface area contributed by atoms with Crippen molar-refractivity contribution in [1.29, 1.82) is 0 Å². The number of ketones is 2. The lowest BCUT2D eigenvalue weighted by molar-refractivity contribution is -0.139. The molecule has 1 amide bonds. The van der Waals surface area contributed by atoms with Crippen LogP contribution in [0.1, 0.15) is 47.3 Å². The number of rotatable bonds is 4. The molecule has 2 fully saturated rings. The second kappa shape index (κ2) is 12.2. The normalized spacial score (nSPS) is 23.0. The van der Waals surface area contributed by atoms with Crippen LogP contribution >= 0.6 is 15.9 Å². The van der Waals surface area contributed by atoms with E-state index in [4.69, 9.17) is 9.47 Å². The van der Waals surface area contributed by atoms with E-state index in [1.807, 2.05) is 49.4 Å². The van der Waals surface area contributed by atoms with Gasteiger partial charge in [0.25, 0.3) is 0 Å². The minimum atomic E-state index is -0.618. The zero-order chi connectivity index (χ0) is 32.0. The number of fused-ring (bicyclic) bond motifs is 3. The molecule has 1 saturated carbocycles. The van der Waals surface area contributed by atoms with Crippen LogP contribution in [0.2, 0.25) is 0 Å². The maximum Gasteiger partial charge on any atom is 0.245 e. The lowest BCUT2D eigenvalue weighted by Gasteiger charge is -2.27. The number of likely N-dealkylation sites (tertiary alicyclic amines) is 1. The Hall–Kier alpha value is -4.13. The molecule has 12 heteroatoms. The summed E-state index contributed by atoms with van der Waals surface area (Å²) in [6, 6.07) is 8.67. The molecule has 1 spiro atoms. The SMILES string of the molecule is CC(=O)c1nn(CC(=O)N2[C@H]3C[C@@]4(COCC=CCOCc5ccc(Br)nc5CC3=O)C[C@@H]24)c2ccc(-c3cnc(C)nc3)cc12. The molecule has 1 aliphatic carbocycles. The Labute approximate surface area is 274 Å². The first-order valence-corrected chi connectivity index (χ1v) is 16.1. The predicted molar refractivity (Wildman–Crippen MR) is 172 cm³/mol. The second-order valence-corrected chi connectivity index (χ2v) is 13.1. The standard InChI is InChI=1S/C34H33BrN6O5/c1-20(42)33-25-11-22(24-15-36-21(2)37-16-24)5-7-27(25)40(39-33)17-32(44)41-28-13-34(14-30(34)41)19-46-10-4-3-9-45-18-23-6-8-31(35)38-26(23)12-29(28)43/h3-8,11,15-16,28,30H,9-10,12-14,17-19H2,1-2H3/t28-,30+,34-/m0/s1. The van der Waals surface area contributed by atoms with Gasteiger partial charge < -0.3 is 14.4 Å². The van der Waals surface area contributed by atoms with Gasteiger partial charge in [0, 0.05) is 41.7 Å². The van der Waals surface area contributed by atoms with Crippen molar-refractivity contribution >= 4 is 44.3 Å². The van der Waals surface area contributed by atoms with Gasteiger partial charge in [-0.05, 0) is 65.0 Å². The van der Waals surface area contributed by atoms with Crippen LogP contribution in [0.25, 0.3) is 22.0 Å². The van der Waals surface area contributed by atoms with Crippen LogP contribution in [0.15, 0.2) is 59.5 Å². The molecule has 3 aliphatic rings. The fraction of sp³-hybridized carbons (Fsp3) is 0.382. The van der Waals surface area contributed by atoms with Gasteiger partial charge in [-0.15, -0.1) is 0 Å². The van der Waals surface area contributed by atoms with E-state index in [-0.39, 0.29) is 47.6 Å². The Morgan fingerprint density at radius 1 is 1.04 bits per heavy atom. The van der Waals surface area contributed by atoms with E-state index in [1.165, 1.54) is 6.92 Å². The lowest BCUT2D eigenvalue weighted by atomic mass is 9.95. The number of carbonyl (C=O) groups is 3.